The molecule has 1 aliphatic rings. The number of fused-ring (bicyclic) bond motifs is 2. The Morgan fingerprint density at radius 2 is 1.05 bits per heavy atom. The summed E-state index contributed by atoms with van der Waals surface area (Å²) in [6.07, 6.45) is -3.45. The van der Waals surface area contributed by atoms with Crippen LogP contribution in [0.25, 0.3) is 21.9 Å². The number of hydrogen-bond acceptors (Lipinski definition) is 13. The molecule has 338 valence electrons. The Morgan fingerprint density at radius 3 is 1.55 bits per heavy atom. The molecule has 1 aromatic heterocycles. The molecule has 65 heavy (non-hydrogen) atoms. The summed E-state index contributed by atoms with van der Waals surface area (Å²) in [4.78, 5) is 14.8. The Morgan fingerprint density at radius 1 is 0.554 bits per heavy atom. The lowest BCUT2D eigenvalue weighted by molar-refractivity contribution is -0.275. The first-order valence-electron chi connectivity index (χ1n) is 21.0. The zero-order valence-electron chi connectivity index (χ0n) is 36.4. The normalized spacial score (nSPS) is 18.7. The van der Waals surface area contributed by atoms with Crippen LogP contribution in [-0.2, 0) is 60.2 Å². The molecule has 0 unspecified atom stereocenters. The predicted octanol–water partition coefficient (Wildman–Crippen LogP) is 8.72. The molecule has 0 radical (unpaired) electrons. The maximum Gasteiger partial charge on any atom is 0.306 e. The van der Waals surface area contributed by atoms with Gasteiger partial charge in [0.25, 0.3) is 0 Å². The third-order valence-corrected chi connectivity index (χ3v) is 11.5. The summed E-state index contributed by atoms with van der Waals surface area (Å²) in [7, 11) is 0.270. The summed E-state index contributed by atoms with van der Waals surface area (Å²) >= 11 is 0. The van der Waals surface area contributed by atoms with Gasteiger partial charge in [-0.05, 0) is 22.3 Å². The van der Waals surface area contributed by atoms with E-state index in [1.807, 2.05) is 121 Å². The first-order valence-corrected chi connectivity index (χ1v) is 22.8. The molecule has 0 amide bonds. The van der Waals surface area contributed by atoms with Crippen molar-refractivity contribution in [1.82, 2.24) is 0 Å². The highest BCUT2D eigenvalue weighted by atomic mass is 32.2. The van der Waals surface area contributed by atoms with Gasteiger partial charge >= 0.3 is 10.1 Å². The predicted molar refractivity (Wildman–Crippen MR) is 244 cm³/mol. The largest absolute Gasteiger partial charge is 0.496 e. The zero-order chi connectivity index (χ0) is 45.3. The number of benzene rings is 6. The lowest BCUT2D eigenvalue weighted by Gasteiger charge is -2.46. The summed E-state index contributed by atoms with van der Waals surface area (Å²) in [5, 5.41) is 0.0520. The molecule has 5 atom stereocenters. The second kappa shape index (κ2) is 20.7. The average Bonchev–Trinajstić information content (AvgIpc) is 3.32. The monoisotopic (exact) mass is 902 g/mol. The van der Waals surface area contributed by atoms with Crippen LogP contribution >= 0.6 is 0 Å². The van der Waals surface area contributed by atoms with Gasteiger partial charge in [0.2, 0.25) is 5.43 Å². The quantitative estimate of drug-likeness (QED) is 0.0564. The van der Waals surface area contributed by atoms with Crippen LogP contribution in [0.15, 0.2) is 149 Å². The van der Waals surface area contributed by atoms with E-state index in [9.17, 15) is 13.2 Å². The Labute approximate surface area is 377 Å². The molecular weight excluding hydrogens is 853 g/mol. The summed E-state index contributed by atoms with van der Waals surface area (Å²) in [6.45, 7) is 0.951. The van der Waals surface area contributed by atoms with Crippen molar-refractivity contribution in [2.75, 3.05) is 34.2 Å². The summed E-state index contributed by atoms with van der Waals surface area (Å²) in [5.74, 6) is 0.237. The molecule has 14 heteroatoms. The van der Waals surface area contributed by atoms with Crippen LogP contribution in [-0.4, -0.2) is 67.0 Å². The topological polar surface area (TPSA) is 147 Å². The molecule has 7 aromatic rings. The van der Waals surface area contributed by atoms with Crippen LogP contribution in [0.3, 0.4) is 0 Å². The molecule has 0 aliphatic carbocycles. The second-order valence-electron chi connectivity index (χ2n) is 15.5. The van der Waals surface area contributed by atoms with Crippen molar-refractivity contribution in [3.05, 3.63) is 178 Å². The Hall–Kier alpha value is -6.26. The fourth-order valence-corrected chi connectivity index (χ4v) is 8.46. The molecule has 0 spiro atoms. The van der Waals surface area contributed by atoms with Crippen LogP contribution in [0.1, 0.15) is 33.9 Å². The molecule has 0 saturated carbocycles. The van der Waals surface area contributed by atoms with Gasteiger partial charge in [0, 0.05) is 18.2 Å². The Kier molecular flexibility index (Phi) is 14.4. The van der Waals surface area contributed by atoms with Gasteiger partial charge in [-0.3, -0.25) is 4.79 Å². The minimum atomic E-state index is -4.01. The maximum absolute atomic E-state index is 14.8. The number of rotatable bonds is 19. The smallest absolute Gasteiger partial charge is 0.306 e. The van der Waals surface area contributed by atoms with E-state index in [-0.39, 0.29) is 71.4 Å². The molecule has 2 heterocycles. The van der Waals surface area contributed by atoms with Gasteiger partial charge in [0.1, 0.15) is 53.0 Å². The van der Waals surface area contributed by atoms with E-state index in [0.717, 1.165) is 28.5 Å². The molecular formula is C51H50O13S. The second-order valence-corrected chi connectivity index (χ2v) is 17.1. The minimum absolute atomic E-state index is 0.0124. The van der Waals surface area contributed by atoms with Crippen LogP contribution in [0.2, 0.25) is 0 Å². The number of methoxy groups -OCH3 is 3. The van der Waals surface area contributed by atoms with E-state index in [1.54, 1.807) is 6.07 Å². The summed E-state index contributed by atoms with van der Waals surface area (Å²) in [5.41, 5.74) is 3.67. The van der Waals surface area contributed by atoms with E-state index in [1.165, 1.54) is 33.5 Å². The Bertz CT molecular complexity index is 2840. The van der Waals surface area contributed by atoms with Crippen molar-refractivity contribution in [2.24, 2.45) is 0 Å². The highest BCUT2D eigenvalue weighted by Crippen LogP contribution is 2.47. The van der Waals surface area contributed by atoms with Crippen molar-refractivity contribution in [3.63, 3.8) is 0 Å². The van der Waals surface area contributed by atoms with Crippen LogP contribution in [0, 0.1) is 0 Å². The van der Waals surface area contributed by atoms with Gasteiger partial charge in [0.05, 0.1) is 71.6 Å². The molecule has 6 aromatic carbocycles. The van der Waals surface area contributed by atoms with Crippen molar-refractivity contribution >= 4 is 32.1 Å². The van der Waals surface area contributed by atoms with E-state index in [0.29, 0.717) is 12.2 Å². The fraction of sp³-hybridized carbons (Fsp3) is 0.275. The van der Waals surface area contributed by atoms with Gasteiger partial charge in [-0.15, -0.1) is 0 Å². The van der Waals surface area contributed by atoms with Gasteiger partial charge in [0.15, 0.2) is 17.1 Å². The van der Waals surface area contributed by atoms with Crippen LogP contribution in [0.4, 0.5) is 0 Å². The summed E-state index contributed by atoms with van der Waals surface area (Å²) < 4.78 is 88.4. The van der Waals surface area contributed by atoms with E-state index < -0.39 is 46.1 Å². The van der Waals surface area contributed by atoms with E-state index in [4.69, 9.17) is 46.5 Å². The SMILES string of the molecule is COc1cc2oc3c([C@@H]4O[C@H](COCc5ccccc5)[C@@H](OCc5ccccc5)[C@H](OCc5ccccc5)[C@H]4OCc4ccccc4)c(OC)cc(OC)c3c(=O)c2cc1OS(C)(=O)=O. The lowest BCUT2D eigenvalue weighted by atomic mass is 9.88. The van der Waals surface area contributed by atoms with Crippen molar-refractivity contribution in [2.45, 2.75) is 56.9 Å². The molecule has 1 fully saturated rings. The fourth-order valence-electron chi connectivity index (χ4n) is 8.00. The molecule has 8 rings (SSSR count). The zero-order valence-corrected chi connectivity index (χ0v) is 37.2. The van der Waals surface area contributed by atoms with Crippen molar-refractivity contribution in [3.8, 4) is 23.0 Å². The molecule has 1 aliphatic heterocycles. The van der Waals surface area contributed by atoms with Crippen LogP contribution in [0.5, 0.6) is 23.0 Å². The van der Waals surface area contributed by atoms with E-state index in [2.05, 4.69) is 0 Å². The number of ether oxygens (including phenoxy) is 8. The van der Waals surface area contributed by atoms with Crippen LogP contribution < -0.4 is 23.8 Å². The van der Waals surface area contributed by atoms with Gasteiger partial charge in [-0.25, -0.2) is 0 Å². The third kappa shape index (κ3) is 10.7. The summed E-state index contributed by atoms with van der Waals surface area (Å²) in [6, 6.07) is 43.5. The highest BCUT2D eigenvalue weighted by Gasteiger charge is 2.51. The first-order chi connectivity index (χ1) is 31.6. The molecule has 0 bridgehead atoms. The van der Waals surface area contributed by atoms with Gasteiger partial charge in [-0.1, -0.05) is 121 Å². The van der Waals surface area contributed by atoms with Crippen molar-refractivity contribution in [1.29, 1.82) is 0 Å². The van der Waals surface area contributed by atoms with Gasteiger partial charge < -0.3 is 46.5 Å². The van der Waals surface area contributed by atoms with Gasteiger partial charge in [-0.2, -0.15) is 8.42 Å². The molecule has 1 saturated heterocycles. The standard InChI is InChI=1S/C51H50O13S/c1-55-39-26-38-37(25-40(39)64-65(4,53)54)46(52)44-41(56-2)27-42(57-3)45(48(44)62-38)49-51(61-31-36-23-15-8-16-24-36)50(60-30-35-21-13-7-14-22-35)47(59-29-34-19-11-6-12-20-34)43(63-49)32-58-28-33-17-9-5-10-18-33/h5-27,43,47,49-51H,28-32H2,1-4H3/t43-,47-,49+,50+,51+/m1/s1. The molecule has 0 N–H and O–H groups in total. The number of hydrogen-bond donors (Lipinski definition) is 0. The van der Waals surface area contributed by atoms with E-state index >= 15 is 0 Å². The Balaban J connectivity index is 1.33. The highest BCUT2D eigenvalue weighted by molar-refractivity contribution is 7.86. The van der Waals surface area contributed by atoms with Crippen molar-refractivity contribution < 1.29 is 54.9 Å². The first kappa shape index (κ1) is 45.3. The average molecular weight is 903 g/mol. The third-order valence-electron chi connectivity index (χ3n) is 11.0. The lowest BCUT2D eigenvalue weighted by Crippen LogP contribution is -2.58. The maximum atomic E-state index is 14.8. The molecule has 13 nitrogen and oxygen atoms in total. The minimum Gasteiger partial charge on any atom is -0.496 e.